The maximum absolute atomic E-state index is 12.4. The Labute approximate surface area is 164 Å². The third-order valence-electron chi connectivity index (χ3n) is 5.93. The maximum Gasteiger partial charge on any atom is 0.176 e. The van der Waals surface area contributed by atoms with Gasteiger partial charge in [0.25, 0.3) is 0 Å². The molecule has 0 amide bonds. The predicted octanol–water partition coefficient (Wildman–Crippen LogP) is 2.08. The molecule has 2 fully saturated rings. The molecule has 150 valence electrons. The Bertz CT molecular complexity index is 560. The van der Waals surface area contributed by atoms with E-state index in [0.717, 1.165) is 57.9 Å². The number of benzene rings is 1. The number of Topliss-reactive ketones (excluding diaryl/α,β-unsaturated/α-hetero) is 1. The van der Waals surface area contributed by atoms with Gasteiger partial charge in [0.2, 0.25) is 0 Å². The predicted molar refractivity (Wildman–Crippen MR) is 111 cm³/mol. The summed E-state index contributed by atoms with van der Waals surface area (Å²) < 4.78 is 0. The summed E-state index contributed by atoms with van der Waals surface area (Å²) in [6.45, 7) is 13.8. The molecule has 0 unspecified atom stereocenters. The maximum atomic E-state index is 12.4. The van der Waals surface area contributed by atoms with Crippen molar-refractivity contribution in [1.29, 1.82) is 0 Å². The molecule has 0 spiro atoms. The second-order valence-electron chi connectivity index (χ2n) is 7.91. The minimum atomic E-state index is 0.191. The van der Waals surface area contributed by atoms with Gasteiger partial charge in [0.15, 0.2) is 5.78 Å². The quantitative estimate of drug-likeness (QED) is 0.531. The Hall–Kier alpha value is -1.27. The largest absolute Gasteiger partial charge is 0.308 e. The second-order valence-corrected chi connectivity index (χ2v) is 7.91. The van der Waals surface area contributed by atoms with Gasteiger partial charge in [-0.05, 0) is 38.0 Å². The van der Waals surface area contributed by atoms with Crippen molar-refractivity contribution >= 4 is 5.78 Å². The number of likely N-dealkylation sites (tertiary alicyclic amines) is 1. The lowest BCUT2D eigenvalue weighted by Gasteiger charge is -2.34. The smallest absolute Gasteiger partial charge is 0.176 e. The zero-order chi connectivity index (χ0) is 18.9. The van der Waals surface area contributed by atoms with Crippen LogP contribution in [-0.4, -0.2) is 85.9 Å². The molecule has 5 heteroatoms. The molecular weight excluding hydrogens is 336 g/mol. The second kappa shape index (κ2) is 10.9. The highest BCUT2D eigenvalue weighted by atomic mass is 16.1. The lowest BCUT2D eigenvalue weighted by Crippen LogP contribution is -2.45. The van der Waals surface area contributed by atoms with Crippen LogP contribution in [0.1, 0.15) is 42.1 Å². The van der Waals surface area contributed by atoms with Gasteiger partial charge < -0.3 is 15.1 Å². The number of nitrogens with one attached hydrogen (secondary N) is 1. The number of nitrogens with zero attached hydrogens (tertiary/aromatic N) is 3. The number of rotatable bonds is 9. The molecule has 0 radical (unpaired) electrons. The number of carbonyl (C=O) groups is 1. The normalized spacial score (nSPS) is 20.0. The van der Waals surface area contributed by atoms with Crippen LogP contribution in [0.3, 0.4) is 0 Å². The van der Waals surface area contributed by atoms with Crippen LogP contribution >= 0.6 is 0 Å². The summed E-state index contributed by atoms with van der Waals surface area (Å²) in [6, 6.07) is 8.22. The van der Waals surface area contributed by atoms with Crippen molar-refractivity contribution in [3.05, 3.63) is 35.4 Å². The van der Waals surface area contributed by atoms with Crippen molar-refractivity contribution in [2.75, 3.05) is 65.4 Å². The van der Waals surface area contributed by atoms with Gasteiger partial charge in [-0.25, -0.2) is 0 Å². The molecular formula is C22H36N4O. The molecule has 2 aliphatic rings. The minimum absolute atomic E-state index is 0.191. The van der Waals surface area contributed by atoms with Crippen molar-refractivity contribution in [3.8, 4) is 0 Å². The first-order valence-corrected chi connectivity index (χ1v) is 10.7. The zero-order valence-electron chi connectivity index (χ0n) is 17.0. The Morgan fingerprint density at radius 1 is 0.889 bits per heavy atom. The summed E-state index contributed by atoms with van der Waals surface area (Å²) in [7, 11) is 0. The highest BCUT2D eigenvalue weighted by Crippen LogP contribution is 2.11. The summed E-state index contributed by atoms with van der Waals surface area (Å²) in [5, 5.41) is 3.32. The number of hydrogen-bond acceptors (Lipinski definition) is 5. The summed E-state index contributed by atoms with van der Waals surface area (Å²) >= 11 is 0. The summed E-state index contributed by atoms with van der Waals surface area (Å²) in [5.74, 6) is 0.191. The minimum Gasteiger partial charge on any atom is -0.308 e. The van der Waals surface area contributed by atoms with E-state index in [0.29, 0.717) is 6.54 Å². The van der Waals surface area contributed by atoms with E-state index < -0.39 is 0 Å². The van der Waals surface area contributed by atoms with Crippen molar-refractivity contribution in [2.24, 2.45) is 0 Å². The first-order chi connectivity index (χ1) is 13.2. The molecule has 3 rings (SSSR count). The zero-order valence-corrected chi connectivity index (χ0v) is 17.0. The Morgan fingerprint density at radius 2 is 1.56 bits per heavy atom. The molecule has 0 bridgehead atoms. The fourth-order valence-corrected chi connectivity index (χ4v) is 4.04. The molecule has 0 aromatic heterocycles. The van der Waals surface area contributed by atoms with E-state index in [1.165, 1.54) is 37.9 Å². The molecule has 0 aliphatic carbocycles. The molecule has 2 aliphatic heterocycles. The average Bonchev–Trinajstić information content (AvgIpc) is 2.73. The van der Waals surface area contributed by atoms with Crippen molar-refractivity contribution in [2.45, 2.75) is 32.7 Å². The number of carbonyl (C=O) groups excluding carboxylic acids is 1. The molecule has 1 aromatic carbocycles. The third-order valence-corrected chi connectivity index (χ3v) is 5.93. The van der Waals surface area contributed by atoms with Gasteiger partial charge >= 0.3 is 0 Å². The van der Waals surface area contributed by atoms with Crippen LogP contribution in [0.15, 0.2) is 24.3 Å². The van der Waals surface area contributed by atoms with Gasteiger partial charge in [-0.2, -0.15) is 0 Å². The van der Waals surface area contributed by atoms with Gasteiger partial charge in [0.1, 0.15) is 0 Å². The van der Waals surface area contributed by atoms with Crippen LogP contribution in [0.2, 0.25) is 0 Å². The van der Waals surface area contributed by atoms with Crippen LogP contribution in [0, 0.1) is 0 Å². The Balaban J connectivity index is 1.35. The molecule has 2 saturated heterocycles. The van der Waals surface area contributed by atoms with E-state index in [1.54, 1.807) is 0 Å². The number of likely N-dealkylation sites (N-methyl/N-ethyl adjacent to an activating group) is 1. The number of piperazine rings is 1. The van der Waals surface area contributed by atoms with Crippen LogP contribution in [0.4, 0.5) is 0 Å². The van der Waals surface area contributed by atoms with Crippen LogP contribution in [0.5, 0.6) is 0 Å². The monoisotopic (exact) mass is 372 g/mol. The van der Waals surface area contributed by atoms with E-state index in [9.17, 15) is 4.79 Å². The first-order valence-electron chi connectivity index (χ1n) is 10.7. The standard InChI is InChI=1S/C22H36N4O/c1-2-24-14-16-26(17-15-24)19-20-6-8-21(9-7-20)22(27)18-23-10-13-25-11-4-3-5-12-25/h6-9,23H,2-5,10-19H2,1H3. The summed E-state index contributed by atoms with van der Waals surface area (Å²) in [6.07, 6.45) is 4.01. The van der Waals surface area contributed by atoms with E-state index in [4.69, 9.17) is 0 Å². The number of piperidine rings is 1. The average molecular weight is 373 g/mol. The number of hydrogen-bond donors (Lipinski definition) is 1. The van der Waals surface area contributed by atoms with Gasteiger partial charge in [-0.1, -0.05) is 37.6 Å². The Kier molecular flexibility index (Phi) is 8.27. The molecule has 0 saturated carbocycles. The SMILES string of the molecule is CCN1CCN(Cc2ccc(C(=O)CNCCN3CCCCC3)cc2)CC1. The lowest BCUT2D eigenvalue weighted by atomic mass is 10.1. The van der Waals surface area contributed by atoms with E-state index in [1.807, 2.05) is 12.1 Å². The number of ketones is 1. The van der Waals surface area contributed by atoms with E-state index in [2.05, 4.69) is 39.1 Å². The third kappa shape index (κ3) is 6.68. The molecule has 5 nitrogen and oxygen atoms in total. The van der Waals surface area contributed by atoms with Gasteiger partial charge in [-0.3, -0.25) is 9.69 Å². The van der Waals surface area contributed by atoms with Gasteiger partial charge in [-0.15, -0.1) is 0 Å². The van der Waals surface area contributed by atoms with Crippen LogP contribution < -0.4 is 5.32 Å². The fraction of sp³-hybridized carbons (Fsp3) is 0.682. The summed E-state index contributed by atoms with van der Waals surface area (Å²) in [5.41, 5.74) is 2.12. The Morgan fingerprint density at radius 3 is 2.22 bits per heavy atom. The summed E-state index contributed by atoms with van der Waals surface area (Å²) in [4.78, 5) is 19.9. The lowest BCUT2D eigenvalue weighted by molar-refractivity contribution is 0.0989. The van der Waals surface area contributed by atoms with Crippen molar-refractivity contribution in [3.63, 3.8) is 0 Å². The fourth-order valence-electron chi connectivity index (χ4n) is 4.04. The topological polar surface area (TPSA) is 38.8 Å². The van der Waals surface area contributed by atoms with Crippen LogP contribution in [-0.2, 0) is 6.54 Å². The van der Waals surface area contributed by atoms with Crippen LogP contribution in [0.25, 0.3) is 0 Å². The molecule has 0 atom stereocenters. The van der Waals surface area contributed by atoms with E-state index >= 15 is 0 Å². The van der Waals surface area contributed by atoms with Gasteiger partial charge in [0, 0.05) is 51.4 Å². The van der Waals surface area contributed by atoms with E-state index in [-0.39, 0.29) is 5.78 Å². The highest BCUT2D eigenvalue weighted by molar-refractivity contribution is 5.97. The molecule has 1 aromatic rings. The first kappa shape index (κ1) is 20.5. The molecule has 2 heterocycles. The highest BCUT2D eigenvalue weighted by Gasteiger charge is 2.15. The van der Waals surface area contributed by atoms with Crippen molar-refractivity contribution < 1.29 is 4.79 Å². The van der Waals surface area contributed by atoms with Gasteiger partial charge in [0.05, 0.1) is 6.54 Å². The molecule has 1 N–H and O–H groups in total. The van der Waals surface area contributed by atoms with Crippen molar-refractivity contribution in [1.82, 2.24) is 20.0 Å². The molecule has 27 heavy (non-hydrogen) atoms.